The van der Waals surface area contributed by atoms with Crippen LogP contribution in [0.3, 0.4) is 0 Å². The summed E-state index contributed by atoms with van der Waals surface area (Å²) in [5.74, 6) is 0.905. The molecule has 0 unspecified atom stereocenters. The maximum absolute atomic E-state index is 12.5. The SMILES string of the molecule is CCS(=O)(=O)CCNC(=NC)NCc1cc(OC)ccc1OC(F)F.I. The number of nitrogens with one attached hydrogen (secondary N) is 2. The summed E-state index contributed by atoms with van der Waals surface area (Å²) in [5, 5.41) is 5.78. The number of alkyl halides is 2. The molecule has 0 bridgehead atoms. The summed E-state index contributed by atoms with van der Waals surface area (Å²) in [5.41, 5.74) is 0.448. The van der Waals surface area contributed by atoms with E-state index in [1.54, 1.807) is 13.0 Å². The molecule has 0 radical (unpaired) electrons. The van der Waals surface area contributed by atoms with Crippen LogP contribution in [0.2, 0.25) is 0 Å². The van der Waals surface area contributed by atoms with Crippen LogP contribution in [0.4, 0.5) is 8.78 Å². The Bertz CT molecular complexity index is 687. The van der Waals surface area contributed by atoms with Crippen LogP contribution in [0.15, 0.2) is 23.2 Å². The lowest BCUT2D eigenvalue weighted by molar-refractivity contribution is -0.0505. The second kappa shape index (κ2) is 12.1. The van der Waals surface area contributed by atoms with E-state index in [9.17, 15) is 17.2 Å². The highest BCUT2D eigenvalue weighted by Crippen LogP contribution is 2.25. The van der Waals surface area contributed by atoms with Crippen LogP contribution in [0.5, 0.6) is 11.5 Å². The van der Waals surface area contributed by atoms with E-state index in [1.807, 2.05) is 0 Å². The summed E-state index contributed by atoms with van der Waals surface area (Å²) < 4.78 is 57.5. The number of halogens is 3. The van der Waals surface area contributed by atoms with Crippen molar-refractivity contribution in [3.05, 3.63) is 23.8 Å². The highest BCUT2D eigenvalue weighted by atomic mass is 127. The molecule has 26 heavy (non-hydrogen) atoms. The molecule has 2 N–H and O–H groups in total. The van der Waals surface area contributed by atoms with Gasteiger partial charge in [-0.05, 0) is 18.2 Å². The van der Waals surface area contributed by atoms with E-state index >= 15 is 0 Å². The van der Waals surface area contributed by atoms with E-state index in [2.05, 4.69) is 20.4 Å². The van der Waals surface area contributed by atoms with E-state index in [4.69, 9.17) is 4.74 Å². The largest absolute Gasteiger partial charge is 0.497 e. The third-order valence-electron chi connectivity index (χ3n) is 3.30. The van der Waals surface area contributed by atoms with Crippen molar-refractivity contribution in [2.45, 2.75) is 20.1 Å². The Kier molecular flexibility index (Phi) is 11.5. The summed E-state index contributed by atoms with van der Waals surface area (Å²) in [6.07, 6.45) is 0. The Morgan fingerprint density at radius 2 is 2.00 bits per heavy atom. The number of nitrogens with zero attached hydrogens (tertiary/aromatic N) is 1. The average molecular weight is 507 g/mol. The van der Waals surface area contributed by atoms with Crippen LogP contribution >= 0.6 is 24.0 Å². The van der Waals surface area contributed by atoms with Gasteiger partial charge in [0.2, 0.25) is 0 Å². The molecular formula is C15H24F2IN3O4S. The van der Waals surface area contributed by atoms with Crippen LogP contribution in [0.1, 0.15) is 12.5 Å². The van der Waals surface area contributed by atoms with Crippen molar-refractivity contribution in [2.24, 2.45) is 4.99 Å². The zero-order valence-corrected chi connectivity index (χ0v) is 17.9. The summed E-state index contributed by atoms with van der Waals surface area (Å²) >= 11 is 0. The van der Waals surface area contributed by atoms with Gasteiger partial charge in [0.05, 0.1) is 12.9 Å². The van der Waals surface area contributed by atoms with Gasteiger partial charge >= 0.3 is 6.61 Å². The van der Waals surface area contributed by atoms with Crippen molar-refractivity contribution in [2.75, 3.05) is 32.2 Å². The molecule has 0 aromatic heterocycles. The second-order valence-corrected chi connectivity index (χ2v) is 7.41. The van der Waals surface area contributed by atoms with Gasteiger partial charge in [0, 0.05) is 31.5 Å². The number of methoxy groups -OCH3 is 1. The van der Waals surface area contributed by atoms with Crippen molar-refractivity contribution in [3.8, 4) is 11.5 Å². The fourth-order valence-electron chi connectivity index (χ4n) is 1.90. The quantitative estimate of drug-likeness (QED) is 0.302. The third kappa shape index (κ3) is 8.83. The topological polar surface area (TPSA) is 89.0 Å². The maximum Gasteiger partial charge on any atom is 0.387 e. The van der Waals surface area contributed by atoms with Crippen molar-refractivity contribution in [3.63, 3.8) is 0 Å². The minimum Gasteiger partial charge on any atom is -0.497 e. The zero-order chi connectivity index (χ0) is 18.9. The smallest absolute Gasteiger partial charge is 0.387 e. The Balaban J connectivity index is 0.00000625. The number of guanidine groups is 1. The Hall–Kier alpha value is -1.37. The third-order valence-corrected chi connectivity index (χ3v) is 5.00. The molecule has 0 fully saturated rings. The summed E-state index contributed by atoms with van der Waals surface area (Å²) in [6, 6.07) is 4.48. The number of benzene rings is 1. The van der Waals surface area contributed by atoms with E-state index in [0.29, 0.717) is 17.3 Å². The van der Waals surface area contributed by atoms with Crippen LogP contribution in [0, 0.1) is 0 Å². The minimum atomic E-state index is -3.08. The van der Waals surface area contributed by atoms with Gasteiger partial charge in [0.15, 0.2) is 15.8 Å². The highest BCUT2D eigenvalue weighted by molar-refractivity contribution is 14.0. The number of aliphatic imine (C=N–C) groups is 1. The van der Waals surface area contributed by atoms with E-state index < -0.39 is 16.4 Å². The van der Waals surface area contributed by atoms with Crippen molar-refractivity contribution in [1.82, 2.24) is 10.6 Å². The summed E-state index contributed by atoms with van der Waals surface area (Å²) in [6.45, 7) is -1.03. The lowest BCUT2D eigenvalue weighted by Crippen LogP contribution is -2.39. The summed E-state index contributed by atoms with van der Waals surface area (Å²) in [7, 11) is -0.0981. The molecule has 1 aromatic rings. The highest BCUT2D eigenvalue weighted by Gasteiger charge is 2.12. The predicted molar refractivity (Wildman–Crippen MR) is 108 cm³/mol. The molecule has 0 saturated heterocycles. The minimum absolute atomic E-state index is 0. The first-order valence-electron chi connectivity index (χ1n) is 7.58. The molecule has 150 valence electrons. The Labute approximate surface area is 169 Å². The average Bonchev–Trinajstić information content (AvgIpc) is 2.58. The molecule has 0 atom stereocenters. The van der Waals surface area contributed by atoms with Gasteiger partial charge < -0.3 is 20.1 Å². The lowest BCUT2D eigenvalue weighted by Gasteiger charge is -2.15. The van der Waals surface area contributed by atoms with Crippen LogP contribution in [-0.4, -0.2) is 53.2 Å². The molecule has 0 aliphatic rings. The normalized spacial score (nSPS) is 11.7. The predicted octanol–water partition coefficient (Wildman–Crippen LogP) is 2.01. The Morgan fingerprint density at radius 1 is 1.31 bits per heavy atom. The van der Waals surface area contributed by atoms with Gasteiger partial charge in [-0.2, -0.15) is 8.78 Å². The first-order valence-corrected chi connectivity index (χ1v) is 9.40. The van der Waals surface area contributed by atoms with E-state index in [-0.39, 0.29) is 54.3 Å². The Morgan fingerprint density at radius 3 is 2.54 bits per heavy atom. The molecule has 0 aliphatic carbocycles. The fourth-order valence-corrected chi connectivity index (χ4v) is 2.60. The molecule has 11 heteroatoms. The first-order chi connectivity index (χ1) is 11.8. The summed E-state index contributed by atoms with van der Waals surface area (Å²) in [4.78, 5) is 3.96. The van der Waals surface area contributed by atoms with E-state index in [1.165, 1.54) is 26.3 Å². The molecule has 1 aromatic carbocycles. The molecule has 0 heterocycles. The molecule has 7 nitrogen and oxygen atoms in total. The van der Waals surface area contributed by atoms with Gasteiger partial charge in [0.1, 0.15) is 11.5 Å². The lowest BCUT2D eigenvalue weighted by atomic mass is 10.2. The van der Waals surface area contributed by atoms with Gasteiger partial charge in [-0.3, -0.25) is 4.99 Å². The van der Waals surface area contributed by atoms with Crippen LogP contribution in [-0.2, 0) is 16.4 Å². The van der Waals surface area contributed by atoms with Crippen molar-refractivity contribution < 1.29 is 26.7 Å². The van der Waals surface area contributed by atoms with Crippen LogP contribution in [0.25, 0.3) is 0 Å². The molecular weight excluding hydrogens is 483 g/mol. The molecule has 0 saturated carbocycles. The van der Waals surface area contributed by atoms with Gasteiger partial charge in [-0.25, -0.2) is 8.42 Å². The number of sulfone groups is 1. The second-order valence-electron chi connectivity index (χ2n) is 4.94. The number of rotatable bonds is 9. The van der Waals surface area contributed by atoms with Crippen molar-refractivity contribution in [1.29, 1.82) is 0 Å². The zero-order valence-electron chi connectivity index (χ0n) is 14.8. The van der Waals surface area contributed by atoms with E-state index in [0.717, 1.165) is 0 Å². The van der Waals surface area contributed by atoms with Gasteiger partial charge in [-0.1, -0.05) is 6.92 Å². The molecule has 0 amide bonds. The monoisotopic (exact) mass is 507 g/mol. The molecule has 0 spiro atoms. The van der Waals surface area contributed by atoms with Crippen LogP contribution < -0.4 is 20.1 Å². The van der Waals surface area contributed by atoms with Gasteiger partial charge in [0.25, 0.3) is 0 Å². The maximum atomic E-state index is 12.5. The number of hydrogen-bond acceptors (Lipinski definition) is 5. The fraction of sp³-hybridized carbons (Fsp3) is 0.533. The number of hydrogen-bond donors (Lipinski definition) is 2. The standard InChI is InChI=1S/C15H23F2N3O4S.HI/c1-4-25(21,22)8-7-19-15(18-2)20-10-11-9-12(23-3)5-6-13(11)24-14(16)17;/h5-6,9,14H,4,7-8,10H2,1-3H3,(H2,18,19,20);1H. The van der Waals surface area contributed by atoms with Crippen molar-refractivity contribution >= 4 is 39.8 Å². The molecule has 0 aliphatic heterocycles. The molecule has 1 rings (SSSR count). The van der Waals surface area contributed by atoms with Gasteiger partial charge in [-0.15, -0.1) is 24.0 Å². The number of ether oxygens (including phenoxy) is 2. The first kappa shape index (κ1) is 24.6.